The molecule has 0 atom stereocenters. The van der Waals surface area contributed by atoms with Crippen molar-refractivity contribution in [2.45, 2.75) is 0 Å². The van der Waals surface area contributed by atoms with Gasteiger partial charge in [-0.1, -0.05) is 17.7 Å². The highest BCUT2D eigenvalue weighted by Gasteiger charge is 2.09. The number of nitrogen functional groups attached to an aromatic ring is 1. The lowest BCUT2D eigenvalue weighted by molar-refractivity contribution is -0.112. The van der Waals surface area contributed by atoms with E-state index in [-0.39, 0.29) is 5.57 Å². The zero-order valence-corrected chi connectivity index (χ0v) is 12.3. The number of nitrogens with zero attached hydrogens (tertiary/aromatic N) is 1. The molecule has 0 aromatic heterocycles. The van der Waals surface area contributed by atoms with E-state index in [9.17, 15) is 4.79 Å². The van der Waals surface area contributed by atoms with E-state index in [0.717, 1.165) is 0 Å². The third kappa shape index (κ3) is 4.27. The van der Waals surface area contributed by atoms with Crippen LogP contribution in [0.4, 0.5) is 17.1 Å². The molecule has 0 spiro atoms. The van der Waals surface area contributed by atoms with Crippen LogP contribution in [0.3, 0.4) is 0 Å². The summed E-state index contributed by atoms with van der Waals surface area (Å²) in [6, 6.07) is 15.4. The number of nitrogens with one attached hydrogen (secondary N) is 2. The minimum absolute atomic E-state index is 0.0585. The third-order valence-corrected chi connectivity index (χ3v) is 2.98. The van der Waals surface area contributed by atoms with Crippen molar-refractivity contribution >= 4 is 34.6 Å². The molecule has 0 saturated carbocycles. The molecule has 0 radical (unpaired) electrons. The average molecular weight is 313 g/mol. The standard InChI is InChI=1S/C16H13ClN4O/c17-12-2-1-3-15(8-12)20-10-11(9-18)16(22)21-14-6-4-13(19)5-7-14/h1-8,10,20H,19H2,(H,21,22)/b11-10-. The monoisotopic (exact) mass is 312 g/mol. The molecule has 2 aromatic carbocycles. The summed E-state index contributed by atoms with van der Waals surface area (Å²) in [4.78, 5) is 12.0. The van der Waals surface area contributed by atoms with E-state index in [2.05, 4.69) is 10.6 Å². The van der Waals surface area contributed by atoms with Gasteiger partial charge in [-0.3, -0.25) is 4.79 Å². The number of carbonyl (C=O) groups excluding carboxylic acids is 1. The topological polar surface area (TPSA) is 90.9 Å². The third-order valence-electron chi connectivity index (χ3n) is 2.74. The van der Waals surface area contributed by atoms with Gasteiger partial charge in [-0.05, 0) is 42.5 Å². The number of hydrogen-bond donors (Lipinski definition) is 3. The Morgan fingerprint density at radius 2 is 1.91 bits per heavy atom. The van der Waals surface area contributed by atoms with Gasteiger partial charge >= 0.3 is 0 Å². The molecular weight excluding hydrogens is 300 g/mol. The molecule has 0 aliphatic rings. The fourth-order valence-corrected chi connectivity index (χ4v) is 1.84. The summed E-state index contributed by atoms with van der Waals surface area (Å²) in [7, 11) is 0. The van der Waals surface area contributed by atoms with Crippen LogP contribution in [-0.2, 0) is 4.79 Å². The number of halogens is 1. The predicted molar refractivity (Wildman–Crippen MR) is 88.3 cm³/mol. The van der Waals surface area contributed by atoms with Crippen molar-refractivity contribution < 1.29 is 4.79 Å². The smallest absolute Gasteiger partial charge is 0.267 e. The van der Waals surface area contributed by atoms with Crippen molar-refractivity contribution in [1.29, 1.82) is 5.26 Å². The van der Waals surface area contributed by atoms with Crippen molar-refractivity contribution in [2.75, 3.05) is 16.4 Å². The summed E-state index contributed by atoms with van der Waals surface area (Å²) >= 11 is 5.86. The minimum atomic E-state index is -0.512. The molecule has 0 heterocycles. The zero-order chi connectivity index (χ0) is 15.9. The number of nitrogens with two attached hydrogens (primary N) is 1. The normalized spacial score (nSPS) is 10.6. The number of amides is 1. The van der Waals surface area contributed by atoms with Crippen LogP contribution in [0.25, 0.3) is 0 Å². The molecule has 0 bridgehead atoms. The van der Waals surface area contributed by atoms with E-state index in [1.807, 2.05) is 6.07 Å². The van der Waals surface area contributed by atoms with Crippen LogP contribution < -0.4 is 16.4 Å². The van der Waals surface area contributed by atoms with Crippen LogP contribution in [0.1, 0.15) is 0 Å². The largest absolute Gasteiger partial charge is 0.399 e. The summed E-state index contributed by atoms with van der Waals surface area (Å²) in [5.41, 5.74) is 7.35. The molecule has 0 saturated heterocycles. The quantitative estimate of drug-likeness (QED) is 0.458. The fraction of sp³-hybridized carbons (Fsp3) is 0. The second kappa shape index (κ2) is 7.16. The summed E-state index contributed by atoms with van der Waals surface area (Å²) in [6.45, 7) is 0. The summed E-state index contributed by atoms with van der Waals surface area (Å²) < 4.78 is 0. The van der Waals surface area contributed by atoms with E-state index in [1.54, 1.807) is 48.5 Å². The first kappa shape index (κ1) is 15.4. The SMILES string of the molecule is N#C/C(=C/Nc1cccc(Cl)c1)C(=O)Nc1ccc(N)cc1. The number of anilines is 3. The first-order valence-corrected chi connectivity index (χ1v) is 6.75. The minimum Gasteiger partial charge on any atom is -0.399 e. The molecule has 0 aliphatic heterocycles. The van der Waals surface area contributed by atoms with Gasteiger partial charge < -0.3 is 16.4 Å². The predicted octanol–water partition coefficient (Wildman–Crippen LogP) is 3.38. The number of hydrogen-bond acceptors (Lipinski definition) is 4. The summed E-state index contributed by atoms with van der Waals surface area (Å²) in [5.74, 6) is -0.512. The Kier molecular flexibility index (Phi) is 5.02. The highest BCUT2D eigenvalue weighted by Crippen LogP contribution is 2.15. The maximum atomic E-state index is 12.0. The Morgan fingerprint density at radius 1 is 1.18 bits per heavy atom. The van der Waals surface area contributed by atoms with E-state index in [1.165, 1.54) is 6.20 Å². The van der Waals surface area contributed by atoms with Gasteiger partial charge in [-0.25, -0.2) is 0 Å². The Hall–Kier alpha value is -2.97. The van der Waals surface area contributed by atoms with Crippen molar-refractivity contribution in [2.24, 2.45) is 0 Å². The van der Waals surface area contributed by atoms with Crippen molar-refractivity contribution in [3.8, 4) is 6.07 Å². The number of nitriles is 1. The van der Waals surface area contributed by atoms with Gasteiger partial charge in [0, 0.05) is 28.3 Å². The zero-order valence-electron chi connectivity index (χ0n) is 11.5. The molecule has 6 heteroatoms. The molecule has 2 aromatic rings. The number of carbonyl (C=O) groups is 1. The molecule has 1 amide bonds. The highest BCUT2D eigenvalue weighted by molar-refractivity contribution is 6.30. The average Bonchev–Trinajstić information content (AvgIpc) is 2.50. The maximum absolute atomic E-state index is 12.0. The van der Waals surface area contributed by atoms with Gasteiger partial charge in [0.15, 0.2) is 0 Å². The molecule has 0 fully saturated rings. The molecule has 0 unspecified atom stereocenters. The van der Waals surface area contributed by atoms with Gasteiger partial charge in [0.1, 0.15) is 11.6 Å². The van der Waals surface area contributed by atoms with E-state index in [0.29, 0.717) is 22.1 Å². The molecule has 2 rings (SSSR count). The van der Waals surface area contributed by atoms with Gasteiger partial charge in [0.25, 0.3) is 5.91 Å². The van der Waals surface area contributed by atoms with Crippen LogP contribution >= 0.6 is 11.6 Å². The number of rotatable bonds is 4. The Bertz CT molecular complexity index is 747. The molecule has 5 nitrogen and oxygen atoms in total. The van der Waals surface area contributed by atoms with Gasteiger partial charge in [-0.15, -0.1) is 0 Å². The highest BCUT2D eigenvalue weighted by atomic mass is 35.5. The summed E-state index contributed by atoms with van der Waals surface area (Å²) in [6.07, 6.45) is 1.33. The second-order valence-electron chi connectivity index (χ2n) is 4.40. The number of benzene rings is 2. The molecular formula is C16H13ClN4O. The first-order valence-electron chi connectivity index (χ1n) is 6.38. The summed E-state index contributed by atoms with van der Waals surface area (Å²) in [5, 5.41) is 15.1. The lowest BCUT2D eigenvalue weighted by atomic mass is 10.2. The lowest BCUT2D eigenvalue weighted by Crippen LogP contribution is -2.14. The lowest BCUT2D eigenvalue weighted by Gasteiger charge is -2.05. The molecule has 22 heavy (non-hydrogen) atoms. The van der Waals surface area contributed by atoms with Gasteiger partial charge in [-0.2, -0.15) is 5.26 Å². The van der Waals surface area contributed by atoms with E-state index in [4.69, 9.17) is 22.6 Å². The van der Waals surface area contributed by atoms with Crippen molar-refractivity contribution in [3.05, 3.63) is 65.3 Å². The molecule has 0 aliphatic carbocycles. The van der Waals surface area contributed by atoms with Crippen LogP contribution in [0.2, 0.25) is 5.02 Å². The van der Waals surface area contributed by atoms with Crippen LogP contribution in [-0.4, -0.2) is 5.91 Å². The molecule has 110 valence electrons. The molecule has 4 N–H and O–H groups in total. The second-order valence-corrected chi connectivity index (χ2v) is 4.84. The first-order chi connectivity index (χ1) is 10.6. The Labute approximate surface area is 133 Å². The maximum Gasteiger partial charge on any atom is 0.267 e. The van der Waals surface area contributed by atoms with Gasteiger partial charge in [0.2, 0.25) is 0 Å². The van der Waals surface area contributed by atoms with E-state index >= 15 is 0 Å². The van der Waals surface area contributed by atoms with E-state index < -0.39 is 5.91 Å². The van der Waals surface area contributed by atoms with Crippen molar-refractivity contribution in [1.82, 2.24) is 0 Å². The van der Waals surface area contributed by atoms with Crippen LogP contribution in [0.5, 0.6) is 0 Å². The van der Waals surface area contributed by atoms with Gasteiger partial charge in [0.05, 0.1) is 0 Å². The van der Waals surface area contributed by atoms with Crippen LogP contribution in [0, 0.1) is 11.3 Å². The van der Waals surface area contributed by atoms with Crippen molar-refractivity contribution in [3.63, 3.8) is 0 Å². The van der Waals surface area contributed by atoms with Crippen LogP contribution in [0.15, 0.2) is 60.3 Å². The Balaban J connectivity index is 2.07. The Morgan fingerprint density at radius 3 is 2.55 bits per heavy atom. The fourth-order valence-electron chi connectivity index (χ4n) is 1.65.